The maximum atomic E-state index is 11.9. The molecule has 6 heteroatoms. The van der Waals surface area contributed by atoms with Crippen LogP contribution in [0.3, 0.4) is 0 Å². The van der Waals surface area contributed by atoms with Gasteiger partial charge in [-0.1, -0.05) is 0 Å². The van der Waals surface area contributed by atoms with Crippen molar-refractivity contribution in [2.24, 2.45) is 11.7 Å². The molecule has 0 bridgehead atoms. The molecule has 1 amide bonds. The monoisotopic (exact) mass is 222 g/mol. The molecule has 1 atom stereocenters. The first-order chi connectivity index (χ1) is 7.70. The predicted molar refractivity (Wildman–Crippen MR) is 57.9 cm³/mol. The second-order valence-corrected chi connectivity index (χ2v) is 3.95. The smallest absolute Gasteiger partial charge is 0.274 e. The highest BCUT2D eigenvalue weighted by atomic mass is 16.2. The summed E-state index contributed by atoms with van der Waals surface area (Å²) in [5, 5.41) is 5.97. The van der Waals surface area contributed by atoms with E-state index in [2.05, 4.69) is 10.2 Å². The normalized spacial score (nSPS) is 20.1. The molecule has 1 unspecified atom stereocenters. The molecule has 0 aromatic carbocycles. The third kappa shape index (κ3) is 2.11. The zero-order valence-corrected chi connectivity index (χ0v) is 8.85. The average molecular weight is 222 g/mol. The van der Waals surface area contributed by atoms with Gasteiger partial charge in [-0.25, -0.2) is 5.10 Å². The number of aromatic amines is 1. The molecule has 6 nitrogen and oxygen atoms in total. The van der Waals surface area contributed by atoms with Gasteiger partial charge < -0.3 is 10.6 Å². The highest BCUT2D eigenvalue weighted by Crippen LogP contribution is 2.16. The molecule has 1 saturated heterocycles. The van der Waals surface area contributed by atoms with E-state index in [4.69, 9.17) is 5.73 Å². The zero-order chi connectivity index (χ0) is 11.5. The lowest BCUT2D eigenvalue weighted by Crippen LogP contribution is -2.31. The van der Waals surface area contributed by atoms with Crippen LogP contribution in [-0.4, -0.2) is 40.6 Å². The Morgan fingerprint density at radius 2 is 2.44 bits per heavy atom. The zero-order valence-electron chi connectivity index (χ0n) is 8.85. The van der Waals surface area contributed by atoms with Crippen LogP contribution in [0.2, 0.25) is 0 Å². The Hall–Kier alpha value is -1.69. The number of aromatic nitrogens is 2. The fraction of sp³-hybridized carbons (Fsp3) is 0.500. The largest absolute Gasteiger partial charge is 0.337 e. The van der Waals surface area contributed by atoms with Crippen LogP contribution in [0.25, 0.3) is 0 Å². The number of nitrogens with two attached hydrogens (primary N) is 1. The molecule has 2 rings (SSSR count). The number of likely N-dealkylation sites (tertiary alicyclic amines) is 1. The third-order valence-corrected chi connectivity index (χ3v) is 2.80. The number of hydrogen-bond acceptors (Lipinski definition) is 4. The number of nitrogens with zero attached hydrogens (tertiary/aromatic N) is 2. The first-order valence-electron chi connectivity index (χ1n) is 5.26. The summed E-state index contributed by atoms with van der Waals surface area (Å²) in [6.45, 7) is 1.99. The van der Waals surface area contributed by atoms with Gasteiger partial charge in [0.1, 0.15) is 5.69 Å². The van der Waals surface area contributed by atoms with Crippen LogP contribution in [0.4, 0.5) is 0 Å². The lowest BCUT2D eigenvalue weighted by atomic mass is 10.1. The van der Waals surface area contributed by atoms with Crippen LogP contribution < -0.4 is 11.3 Å². The standard InChI is InChI=1S/C10H14N4O2/c11-5-7-3-4-14(6-7)10(16)8-1-2-9(15)13-12-8/h1-2,7H,3-6,11H2,(H,13,15). The Morgan fingerprint density at radius 3 is 3.00 bits per heavy atom. The molecule has 0 aliphatic carbocycles. The summed E-state index contributed by atoms with van der Waals surface area (Å²) in [5.74, 6) is 0.235. The lowest BCUT2D eigenvalue weighted by Gasteiger charge is -2.15. The van der Waals surface area contributed by atoms with Gasteiger partial charge in [0.05, 0.1) is 0 Å². The lowest BCUT2D eigenvalue weighted by molar-refractivity contribution is 0.0780. The van der Waals surface area contributed by atoms with Crippen LogP contribution in [0.1, 0.15) is 16.9 Å². The summed E-state index contributed by atoms with van der Waals surface area (Å²) in [7, 11) is 0. The van der Waals surface area contributed by atoms with Crippen molar-refractivity contribution in [3.8, 4) is 0 Å². The minimum absolute atomic E-state index is 0.146. The van der Waals surface area contributed by atoms with Gasteiger partial charge in [-0.05, 0) is 24.9 Å². The minimum atomic E-state index is -0.308. The van der Waals surface area contributed by atoms with Crippen LogP contribution in [0.5, 0.6) is 0 Å². The van der Waals surface area contributed by atoms with Crippen molar-refractivity contribution < 1.29 is 4.79 Å². The maximum absolute atomic E-state index is 11.9. The third-order valence-electron chi connectivity index (χ3n) is 2.80. The fourth-order valence-electron chi connectivity index (χ4n) is 1.84. The van der Waals surface area contributed by atoms with E-state index in [0.29, 0.717) is 25.6 Å². The summed E-state index contributed by atoms with van der Waals surface area (Å²) < 4.78 is 0. The Kier molecular flexibility index (Phi) is 3.00. The van der Waals surface area contributed by atoms with Gasteiger partial charge in [-0.15, -0.1) is 0 Å². The van der Waals surface area contributed by atoms with E-state index in [9.17, 15) is 9.59 Å². The summed E-state index contributed by atoms with van der Waals surface area (Å²) >= 11 is 0. The Balaban J connectivity index is 2.08. The van der Waals surface area contributed by atoms with Crippen LogP contribution in [-0.2, 0) is 0 Å². The van der Waals surface area contributed by atoms with Crippen molar-refractivity contribution in [2.45, 2.75) is 6.42 Å². The highest BCUT2D eigenvalue weighted by molar-refractivity contribution is 5.92. The van der Waals surface area contributed by atoms with E-state index in [0.717, 1.165) is 6.42 Å². The molecular weight excluding hydrogens is 208 g/mol. The Labute approximate surface area is 92.4 Å². The molecule has 0 saturated carbocycles. The Morgan fingerprint density at radius 1 is 1.62 bits per heavy atom. The molecule has 1 aromatic heterocycles. The van der Waals surface area contributed by atoms with Crippen molar-refractivity contribution in [1.29, 1.82) is 0 Å². The van der Waals surface area contributed by atoms with Crippen molar-refractivity contribution in [3.05, 3.63) is 28.2 Å². The molecule has 86 valence electrons. The molecule has 1 aliphatic rings. The van der Waals surface area contributed by atoms with Crippen LogP contribution in [0, 0.1) is 5.92 Å². The van der Waals surface area contributed by atoms with Crippen LogP contribution in [0.15, 0.2) is 16.9 Å². The molecule has 1 aliphatic heterocycles. The SMILES string of the molecule is NCC1CCN(C(=O)c2ccc(=O)[nH]n2)C1. The molecule has 0 spiro atoms. The quantitative estimate of drug-likeness (QED) is 0.684. The first kappa shape index (κ1) is 10.8. The van der Waals surface area contributed by atoms with Crippen molar-refractivity contribution >= 4 is 5.91 Å². The molecule has 3 N–H and O–H groups in total. The summed E-state index contributed by atoms with van der Waals surface area (Å²) in [6, 6.07) is 2.74. The maximum Gasteiger partial charge on any atom is 0.274 e. The van der Waals surface area contributed by atoms with E-state index < -0.39 is 0 Å². The molecule has 1 fully saturated rings. The molecule has 1 aromatic rings. The molecular formula is C10H14N4O2. The molecule has 2 heterocycles. The van der Waals surface area contributed by atoms with Gasteiger partial charge in [0.15, 0.2) is 0 Å². The summed E-state index contributed by atoms with van der Waals surface area (Å²) in [6.07, 6.45) is 0.936. The fourth-order valence-corrected chi connectivity index (χ4v) is 1.84. The van der Waals surface area contributed by atoms with Gasteiger partial charge >= 0.3 is 0 Å². The number of nitrogens with one attached hydrogen (secondary N) is 1. The number of carbonyl (C=O) groups excluding carboxylic acids is 1. The predicted octanol–water partition coefficient (Wildman–Crippen LogP) is -0.809. The van der Waals surface area contributed by atoms with E-state index in [1.165, 1.54) is 12.1 Å². The van der Waals surface area contributed by atoms with Gasteiger partial charge in [-0.3, -0.25) is 9.59 Å². The summed E-state index contributed by atoms with van der Waals surface area (Å²) in [4.78, 5) is 24.4. The summed E-state index contributed by atoms with van der Waals surface area (Å²) in [5.41, 5.74) is 5.52. The highest BCUT2D eigenvalue weighted by Gasteiger charge is 2.26. The average Bonchev–Trinajstić information content (AvgIpc) is 2.77. The number of amides is 1. The van der Waals surface area contributed by atoms with E-state index >= 15 is 0 Å². The van der Waals surface area contributed by atoms with E-state index in [-0.39, 0.29) is 17.2 Å². The van der Waals surface area contributed by atoms with Gasteiger partial charge in [0.25, 0.3) is 11.5 Å². The van der Waals surface area contributed by atoms with Gasteiger partial charge in [0.2, 0.25) is 0 Å². The second-order valence-electron chi connectivity index (χ2n) is 3.95. The molecule has 0 radical (unpaired) electrons. The number of rotatable bonds is 2. The topological polar surface area (TPSA) is 92.1 Å². The van der Waals surface area contributed by atoms with E-state index in [1.54, 1.807) is 4.90 Å². The minimum Gasteiger partial charge on any atom is -0.337 e. The van der Waals surface area contributed by atoms with Crippen molar-refractivity contribution in [1.82, 2.24) is 15.1 Å². The van der Waals surface area contributed by atoms with Crippen molar-refractivity contribution in [3.63, 3.8) is 0 Å². The number of carbonyl (C=O) groups is 1. The Bertz CT molecular complexity index is 422. The second kappa shape index (κ2) is 4.44. The molecule has 16 heavy (non-hydrogen) atoms. The van der Waals surface area contributed by atoms with Gasteiger partial charge in [0, 0.05) is 19.2 Å². The van der Waals surface area contributed by atoms with Crippen molar-refractivity contribution in [2.75, 3.05) is 19.6 Å². The van der Waals surface area contributed by atoms with Gasteiger partial charge in [-0.2, -0.15) is 5.10 Å². The van der Waals surface area contributed by atoms with Crippen LogP contribution >= 0.6 is 0 Å². The number of hydrogen-bond donors (Lipinski definition) is 2. The number of H-pyrrole nitrogens is 1. The van der Waals surface area contributed by atoms with E-state index in [1.807, 2.05) is 0 Å². The first-order valence-corrected chi connectivity index (χ1v) is 5.26.